The molecule has 1 aliphatic rings. The van der Waals surface area contributed by atoms with Crippen molar-refractivity contribution >= 4 is 19.8 Å². The van der Waals surface area contributed by atoms with Crippen molar-refractivity contribution in [1.82, 2.24) is 0 Å². The molecule has 1 N–H and O–H groups in total. The van der Waals surface area contributed by atoms with Crippen molar-refractivity contribution in [3.63, 3.8) is 0 Å². The highest BCUT2D eigenvalue weighted by atomic mass is 28.3. The van der Waals surface area contributed by atoms with E-state index in [1.807, 2.05) is 30.3 Å². The minimum Gasteiger partial charge on any atom is -0.478 e. The van der Waals surface area contributed by atoms with Gasteiger partial charge in [0.25, 0.3) is 0 Å². The SMILES string of the molecule is C[Si]1(C)CCc2cc(C(=O)c3ccccc3-c3ccccc3C(=O)O)ccc2C1. The molecule has 0 saturated heterocycles. The van der Waals surface area contributed by atoms with Gasteiger partial charge in [0.2, 0.25) is 0 Å². The maximum atomic E-state index is 13.4. The molecular weight excluding hydrogens is 376 g/mol. The zero-order valence-electron chi connectivity index (χ0n) is 16.7. The number of carbonyl (C=O) groups is 2. The van der Waals surface area contributed by atoms with Crippen molar-refractivity contribution in [1.29, 1.82) is 0 Å². The van der Waals surface area contributed by atoms with Crippen LogP contribution in [0.2, 0.25) is 19.1 Å². The number of hydrogen-bond donors (Lipinski definition) is 1. The molecule has 146 valence electrons. The number of carbonyl (C=O) groups excluding carboxylic acids is 1. The van der Waals surface area contributed by atoms with E-state index in [1.54, 1.807) is 30.3 Å². The third-order valence-electron chi connectivity index (χ3n) is 5.83. The van der Waals surface area contributed by atoms with Crippen LogP contribution in [0.5, 0.6) is 0 Å². The molecule has 0 saturated carbocycles. The number of carboxylic acids is 1. The molecule has 29 heavy (non-hydrogen) atoms. The van der Waals surface area contributed by atoms with Crippen LogP contribution in [0.15, 0.2) is 66.7 Å². The van der Waals surface area contributed by atoms with Crippen molar-refractivity contribution in [2.24, 2.45) is 0 Å². The number of aryl methyl sites for hydroxylation is 1. The van der Waals surface area contributed by atoms with Crippen molar-refractivity contribution < 1.29 is 14.7 Å². The van der Waals surface area contributed by atoms with Crippen LogP contribution in [0.25, 0.3) is 11.1 Å². The molecule has 0 spiro atoms. The summed E-state index contributed by atoms with van der Waals surface area (Å²) < 4.78 is 0. The van der Waals surface area contributed by atoms with Crippen molar-refractivity contribution in [3.05, 3.63) is 94.5 Å². The molecule has 3 nitrogen and oxygen atoms in total. The van der Waals surface area contributed by atoms with Crippen LogP contribution in [-0.4, -0.2) is 24.9 Å². The highest BCUT2D eigenvalue weighted by molar-refractivity contribution is 6.77. The first kappa shape index (κ1) is 19.3. The Morgan fingerprint density at radius 3 is 2.14 bits per heavy atom. The fourth-order valence-corrected chi connectivity index (χ4v) is 6.72. The van der Waals surface area contributed by atoms with E-state index in [4.69, 9.17) is 0 Å². The monoisotopic (exact) mass is 400 g/mol. The Kier molecular flexibility index (Phi) is 4.97. The van der Waals surface area contributed by atoms with E-state index in [-0.39, 0.29) is 11.3 Å². The van der Waals surface area contributed by atoms with Crippen LogP contribution in [0.1, 0.15) is 37.4 Å². The summed E-state index contributed by atoms with van der Waals surface area (Å²) in [5, 5.41) is 9.57. The Morgan fingerprint density at radius 2 is 1.45 bits per heavy atom. The number of aromatic carboxylic acids is 1. The Hall–Kier alpha value is -2.98. The largest absolute Gasteiger partial charge is 0.478 e. The van der Waals surface area contributed by atoms with E-state index in [2.05, 4.69) is 19.2 Å². The summed E-state index contributed by atoms with van der Waals surface area (Å²) >= 11 is 0. The van der Waals surface area contributed by atoms with Crippen LogP contribution < -0.4 is 0 Å². The highest BCUT2D eigenvalue weighted by Crippen LogP contribution is 2.32. The molecule has 4 heteroatoms. The lowest BCUT2D eigenvalue weighted by molar-refractivity contribution is 0.0697. The average molecular weight is 401 g/mol. The van der Waals surface area contributed by atoms with Crippen molar-refractivity contribution in [3.8, 4) is 11.1 Å². The van der Waals surface area contributed by atoms with E-state index >= 15 is 0 Å². The predicted molar refractivity (Wildman–Crippen MR) is 118 cm³/mol. The second-order valence-corrected chi connectivity index (χ2v) is 13.7. The first-order valence-corrected chi connectivity index (χ1v) is 13.4. The fourth-order valence-electron chi connectivity index (χ4n) is 4.23. The van der Waals surface area contributed by atoms with Crippen LogP contribution in [0.4, 0.5) is 0 Å². The first-order chi connectivity index (χ1) is 13.9. The molecule has 4 rings (SSSR count). The van der Waals surface area contributed by atoms with Gasteiger partial charge in [-0.1, -0.05) is 73.7 Å². The van der Waals surface area contributed by atoms with Crippen LogP contribution in [0.3, 0.4) is 0 Å². The molecular formula is C25H24O3Si. The summed E-state index contributed by atoms with van der Waals surface area (Å²) in [6, 6.07) is 22.6. The molecule has 1 heterocycles. The minimum absolute atomic E-state index is 0.0642. The van der Waals surface area contributed by atoms with Gasteiger partial charge < -0.3 is 5.11 Å². The molecule has 0 bridgehead atoms. The van der Waals surface area contributed by atoms with Gasteiger partial charge in [0.15, 0.2) is 5.78 Å². The smallest absolute Gasteiger partial charge is 0.336 e. The number of ketones is 1. The van der Waals surface area contributed by atoms with E-state index in [9.17, 15) is 14.7 Å². The van der Waals surface area contributed by atoms with Gasteiger partial charge in [0, 0.05) is 11.1 Å². The van der Waals surface area contributed by atoms with E-state index in [0.29, 0.717) is 22.3 Å². The van der Waals surface area contributed by atoms with Gasteiger partial charge in [-0.05, 0) is 46.9 Å². The number of benzene rings is 3. The summed E-state index contributed by atoms with van der Waals surface area (Å²) in [6.45, 7) is 4.84. The lowest BCUT2D eigenvalue weighted by Gasteiger charge is -2.29. The Bertz CT molecular complexity index is 1110. The standard InChI is InChI=1S/C25H24O3Si/c1-29(2)14-13-17-15-18(11-12-19(17)16-29)24(26)22-9-5-3-7-20(22)21-8-4-6-10-23(21)25(27)28/h3-12,15H,13-14,16H2,1-2H3,(H,27,28). The quantitative estimate of drug-likeness (QED) is 0.456. The Labute approximate surface area is 172 Å². The van der Waals surface area contributed by atoms with E-state index < -0.39 is 14.0 Å². The maximum absolute atomic E-state index is 13.4. The number of fused-ring (bicyclic) bond motifs is 1. The topological polar surface area (TPSA) is 54.4 Å². The van der Waals surface area contributed by atoms with Gasteiger partial charge in [-0.25, -0.2) is 4.79 Å². The van der Waals surface area contributed by atoms with Crippen LogP contribution in [-0.2, 0) is 12.5 Å². The average Bonchev–Trinajstić information content (AvgIpc) is 2.72. The van der Waals surface area contributed by atoms with Gasteiger partial charge in [-0.2, -0.15) is 0 Å². The summed E-state index contributed by atoms with van der Waals surface area (Å²) in [5.74, 6) is -1.06. The van der Waals surface area contributed by atoms with Gasteiger partial charge >= 0.3 is 5.97 Å². The molecule has 0 radical (unpaired) electrons. The van der Waals surface area contributed by atoms with Gasteiger partial charge in [-0.3, -0.25) is 4.79 Å². The normalized spacial score (nSPS) is 14.8. The number of hydrogen-bond acceptors (Lipinski definition) is 2. The molecule has 1 aliphatic heterocycles. The van der Waals surface area contributed by atoms with Crippen LogP contribution in [0, 0.1) is 0 Å². The van der Waals surface area contributed by atoms with Gasteiger partial charge in [-0.15, -0.1) is 0 Å². The zero-order chi connectivity index (χ0) is 20.6. The number of rotatable bonds is 4. The highest BCUT2D eigenvalue weighted by Gasteiger charge is 2.28. The van der Waals surface area contributed by atoms with Gasteiger partial charge in [0.05, 0.1) is 13.6 Å². The van der Waals surface area contributed by atoms with E-state index in [1.165, 1.54) is 23.2 Å². The molecule has 0 atom stereocenters. The third kappa shape index (κ3) is 3.81. The van der Waals surface area contributed by atoms with Crippen molar-refractivity contribution in [2.45, 2.75) is 31.6 Å². The number of carboxylic acid groups (broad SMARTS) is 1. The second-order valence-electron chi connectivity index (χ2n) is 8.55. The molecule has 0 aromatic heterocycles. The lowest BCUT2D eigenvalue weighted by Crippen LogP contribution is -2.33. The molecule has 3 aromatic carbocycles. The zero-order valence-corrected chi connectivity index (χ0v) is 17.7. The Balaban J connectivity index is 1.76. The molecule has 0 amide bonds. The summed E-state index contributed by atoms with van der Waals surface area (Å²) in [7, 11) is -1.16. The summed E-state index contributed by atoms with van der Waals surface area (Å²) in [5.41, 5.74) is 5.29. The molecule has 3 aromatic rings. The lowest BCUT2D eigenvalue weighted by atomic mass is 9.90. The van der Waals surface area contributed by atoms with Crippen LogP contribution >= 0.6 is 0 Å². The first-order valence-electron chi connectivity index (χ1n) is 9.94. The molecule has 0 aliphatic carbocycles. The Morgan fingerprint density at radius 1 is 0.828 bits per heavy atom. The molecule has 0 fully saturated rings. The maximum Gasteiger partial charge on any atom is 0.336 e. The predicted octanol–water partition coefficient (Wildman–Crippen LogP) is 5.63. The second kappa shape index (κ2) is 7.45. The van der Waals surface area contributed by atoms with Gasteiger partial charge in [0.1, 0.15) is 0 Å². The molecule has 0 unspecified atom stereocenters. The fraction of sp³-hybridized carbons (Fsp3) is 0.200. The van der Waals surface area contributed by atoms with Crippen molar-refractivity contribution in [2.75, 3.05) is 0 Å². The third-order valence-corrected chi connectivity index (χ3v) is 8.77. The summed E-state index contributed by atoms with van der Waals surface area (Å²) in [6.07, 6.45) is 1.04. The minimum atomic E-state index is -1.16. The van der Waals surface area contributed by atoms with E-state index in [0.717, 1.165) is 6.42 Å². The summed E-state index contributed by atoms with van der Waals surface area (Å²) in [4.78, 5) is 25.1.